The van der Waals surface area contributed by atoms with Gasteiger partial charge in [-0.05, 0) is 51.3 Å². The van der Waals surface area contributed by atoms with Gasteiger partial charge < -0.3 is 10.4 Å². The number of nitrogens with zero attached hydrogens (tertiary/aromatic N) is 2. The Labute approximate surface area is 162 Å². The topological polar surface area (TPSA) is 84.2 Å². The van der Waals surface area contributed by atoms with Crippen molar-refractivity contribution in [2.24, 2.45) is 0 Å². The van der Waals surface area contributed by atoms with Crippen molar-refractivity contribution in [1.82, 2.24) is 9.55 Å². The number of aromatic carboxylic acids is 1. The Morgan fingerprint density at radius 2 is 1.93 bits per heavy atom. The van der Waals surface area contributed by atoms with Crippen LogP contribution < -0.4 is 10.9 Å². The summed E-state index contributed by atoms with van der Waals surface area (Å²) in [6.07, 6.45) is 1.40. The number of carbonyl (C=O) groups is 1. The Morgan fingerprint density at radius 1 is 1.19 bits per heavy atom. The first-order valence-corrected chi connectivity index (χ1v) is 8.79. The van der Waals surface area contributed by atoms with Gasteiger partial charge in [0.2, 0.25) is 0 Å². The molecule has 0 radical (unpaired) electrons. The zero-order valence-corrected chi connectivity index (χ0v) is 15.6. The third-order valence-corrected chi connectivity index (χ3v) is 4.60. The van der Waals surface area contributed by atoms with Crippen molar-refractivity contribution in [1.29, 1.82) is 0 Å². The summed E-state index contributed by atoms with van der Waals surface area (Å²) in [5.41, 5.74) is 1.42. The van der Waals surface area contributed by atoms with E-state index in [-0.39, 0.29) is 28.0 Å². The number of carboxylic acids is 1. The molecule has 2 N–H and O–H groups in total. The van der Waals surface area contributed by atoms with Crippen molar-refractivity contribution in [3.63, 3.8) is 0 Å². The largest absolute Gasteiger partial charge is 0.478 e. The van der Waals surface area contributed by atoms with E-state index in [1.54, 1.807) is 24.3 Å². The quantitative estimate of drug-likeness (QED) is 0.623. The lowest BCUT2D eigenvalue weighted by atomic mass is 10.1. The van der Waals surface area contributed by atoms with Crippen LogP contribution in [0.4, 0.5) is 10.2 Å². The van der Waals surface area contributed by atoms with Gasteiger partial charge in [0.15, 0.2) is 0 Å². The maximum absolute atomic E-state index is 13.3. The first-order chi connectivity index (χ1) is 12.9. The molecule has 3 aromatic rings. The average Bonchev–Trinajstić information content (AvgIpc) is 2.65. The number of aromatic nitrogens is 2. The number of anilines is 1. The van der Waals surface area contributed by atoms with Crippen LogP contribution in [0.5, 0.6) is 0 Å². The minimum atomic E-state index is -0.985. The number of halogens is 2. The van der Waals surface area contributed by atoms with Crippen LogP contribution in [-0.4, -0.2) is 20.6 Å². The Bertz CT molecular complexity index is 1040. The standard InChI is InChI=1S/C19H15BrFN3O3/c20-16-17(22-9-12-4-6-14(7-5-12)19(26)27)23-11-24(18(16)25)10-13-2-1-3-15(21)8-13/h1-8,11,22H,9-10H2,(H,26,27). The molecule has 0 saturated carbocycles. The van der Waals surface area contributed by atoms with Gasteiger partial charge >= 0.3 is 5.97 Å². The highest BCUT2D eigenvalue weighted by atomic mass is 79.9. The smallest absolute Gasteiger partial charge is 0.335 e. The summed E-state index contributed by atoms with van der Waals surface area (Å²) in [5, 5.41) is 11.9. The summed E-state index contributed by atoms with van der Waals surface area (Å²) in [4.78, 5) is 27.6. The van der Waals surface area contributed by atoms with Crippen LogP contribution in [0.3, 0.4) is 0 Å². The summed E-state index contributed by atoms with van der Waals surface area (Å²) in [5.74, 6) is -0.974. The van der Waals surface area contributed by atoms with Crippen molar-refractivity contribution in [3.05, 3.63) is 92.2 Å². The zero-order valence-electron chi connectivity index (χ0n) is 14.0. The van der Waals surface area contributed by atoms with Gasteiger partial charge in [-0.3, -0.25) is 9.36 Å². The van der Waals surface area contributed by atoms with Crippen molar-refractivity contribution < 1.29 is 14.3 Å². The van der Waals surface area contributed by atoms with Crippen LogP contribution in [-0.2, 0) is 13.1 Å². The number of carboxylic acid groups (broad SMARTS) is 1. The predicted molar refractivity (Wildman–Crippen MR) is 102 cm³/mol. The molecule has 0 spiro atoms. The van der Waals surface area contributed by atoms with Crippen LogP contribution in [0.15, 0.2) is 64.1 Å². The van der Waals surface area contributed by atoms with Gasteiger partial charge in [0.05, 0.1) is 12.1 Å². The molecule has 1 aromatic heterocycles. The minimum absolute atomic E-state index is 0.206. The van der Waals surface area contributed by atoms with Gasteiger partial charge in [0, 0.05) is 6.54 Å². The Balaban J connectivity index is 1.73. The normalized spacial score (nSPS) is 10.6. The molecule has 0 bridgehead atoms. The maximum Gasteiger partial charge on any atom is 0.335 e. The number of nitrogens with one attached hydrogen (secondary N) is 1. The van der Waals surface area contributed by atoms with E-state index < -0.39 is 5.97 Å². The second-order valence-electron chi connectivity index (χ2n) is 5.83. The second kappa shape index (κ2) is 8.13. The third kappa shape index (κ3) is 4.59. The molecule has 6 nitrogen and oxygen atoms in total. The molecule has 0 aliphatic heterocycles. The van der Waals surface area contributed by atoms with Crippen LogP contribution in [0.25, 0.3) is 0 Å². The van der Waals surface area contributed by atoms with Crippen molar-refractivity contribution in [3.8, 4) is 0 Å². The van der Waals surface area contributed by atoms with Crippen LogP contribution in [0, 0.1) is 5.82 Å². The molecule has 27 heavy (non-hydrogen) atoms. The molecular formula is C19H15BrFN3O3. The zero-order chi connectivity index (χ0) is 19.4. The summed E-state index contributed by atoms with van der Waals surface area (Å²) in [6, 6.07) is 12.4. The molecule has 0 saturated heterocycles. The molecule has 1 heterocycles. The lowest BCUT2D eigenvalue weighted by Gasteiger charge is -2.11. The van der Waals surface area contributed by atoms with Gasteiger partial charge in [-0.25, -0.2) is 14.2 Å². The monoisotopic (exact) mass is 431 g/mol. The van der Waals surface area contributed by atoms with Gasteiger partial charge in [-0.15, -0.1) is 0 Å². The molecule has 0 atom stereocenters. The van der Waals surface area contributed by atoms with E-state index >= 15 is 0 Å². The van der Waals surface area contributed by atoms with Gasteiger partial charge in [-0.1, -0.05) is 24.3 Å². The van der Waals surface area contributed by atoms with E-state index in [0.717, 1.165) is 5.56 Å². The number of rotatable bonds is 6. The second-order valence-corrected chi connectivity index (χ2v) is 6.62. The minimum Gasteiger partial charge on any atom is -0.478 e. The van der Waals surface area contributed by atoms with E-state index in [1.165, 1.54) is 35.2 Å². The molecule has 8 heteroatoms. The van der Waals surface area contributed by atoms with Crippen LogP contribution in [0.1, 0.15) is 21.5 Å². The van der Waals surface area contributed by atoms with Gasteiger partial charge in [-0.2, -0.15) is 0 Å². The fourth-order valence-electron chi connectivity index (χ4n) is 2.48. The summed E-state index contributed by atoms with van der Waals surface area (Å²) >= 11 is 3.25. The van der Waals surface area contributed by atoms with E-state index in [1.807, 2.05) is 0 Å². The number of benzene rings is 2. The van der Waals surface area contributed by atoms with E-state index in [4.69, 9.17) is 5.11 Å². The average molecular weight is 432 g/mol. The molecule has 0 amide bonds. The highest BCUT2D eigenvalue weighted by Crippen LogP contribution is 2.16. The van der Waals surface area contributed by atoms with E-state index in [9.17, 15) is 14.0 Å². The summed E-state index contributed by atoms with van der Waals surface area (Å²) < 4.78 is 14.9. The Morgan fingerprint density at radius 3 is 2.59 bits per heavy atom. The van der Waals surface area contributed by atoms with Crippen LogP contribution >= 0.6 is 15.9 Å². The van der Waals surface area contributed by atoms with Crippen molar-refractivity contribution in [2.75, 3.05) is 5.32 Å². The van der Waals surface area contributed by atoms with E-state index in [2.05, 4.69) is 26.2 Å². The fraction of sp³-hybridized carbons (Fsp3) is 0.105. The van der Waals surface area contributed by atoms with Crippen molar-refractivity contribution >= 4 is 27.7 Å². The lowest BCUT2D eigenvalue weighted by molar-refractivity contribution is 0.0697. The Hall–Kier alpha value is -3.00. The highest BCUT2D eigenvalue weighted by Gasteiger charge is 2.10. The summed E-state index contributed by atoms with van der Waals surface area (Å²) in [6.45, 7) is 0.581. The number of hydrogen-bond donors (Lipinski definition) is 2. The molecule has 0 unspecified atom stereocenters. The molecule has 0 fully saturated rings. The molecule has 2 aromatic carbocycles. The van der Waals surface area contributed by atoms with Crippen LogP contribution in [0.2, 0.25) is 0 Å². The molecule has 0 aliphatic rings. The summed E-state index contributed by atoms with van der Waals surface area (Å²) in [7, 11) is 0. The van der Waals surface area contributed by atoms with Crippen molar-refractivity contribution in [2.45, 2.75) is 13.1 Å². The lowest BCUT2D eigenvalue weighted by Crippen LogP contribution is -2.23. The first-order valence-electron chi connectivity index (χ1n) is 7.99. The first kappa shape index (κ1) is 18.8. The molecule has 0 aliphatic carbocycles. The fourth-order valence-corrected chi connectivity index (χ4v) is 2.95. The van der Waals surface area contributed by atoms with Gasteiger partial charge in [0.25, 0.3) is 5.56 Å². The van der Waals surface area contributed by atoms with Gasteiger partial charge in [0.1, 0.15) is 22.4 Å². The molecule has 138 valence electrons. The Kier molecular flexibility index (Phi) is 5.66. The maximum atomic E-state index is 13.3. The molecular weight excluding hydrogens is 417 g/mol. The highest BCUT2D eigenvalue weighted by molar-refractivity contribution is 9.10. The molecule has 3 rings (SSSR count). The predicted octanol–water partition coefficient (Wildman–Crippen LogP) is 3.50. The van der Waals surface area contributed by atoms with E-state index in [0.29, 0.717) is 17.9 Å². The third-order valence-electron chi connectivity index (χ3n) is 3.89. The number of hydrogen-bond acceptors (Lipinski definition) is 4. The SMILES string of the molecule is O=C(O)c1ccc(CNc2ncn(Cc3cccc(F)c3)c(=O)c2Br)cc1.